The van der Waals surface area contributed by atoms with Gasteiger partial charge in [-0.2, -0.15) is 0 Å². The number of aliphatic hydroxyl groups excluding tert-OH is 1. The second-order valence-corrected chi connectivity index (χ2v) is 1.80. The second-order valence-electron chi connectivity index (χ2n) is 1.80. The lowest BCUT2D eigenvalue weighted by atomic mass is 10.3. The molecule has 0 saturated carbocycles. The molecule has 0 aromatic rings. The highest BCUT2D eigenvalue weighted by Crippen LogP contribution is 1.75. The average molecular weight is 132 g/mol. The van der Waals surface area contributed by atoms with Crippen molar-refractivity contribution in [2.45, 2.75) is 13.0 Å². The number of primary amides is 1. The summed E-state index contributed by atoms with van der Waals surface area (Å²) in [6.07, 6.45) is 0. The Bertz CT molecular complexity index is 95.0. The van der Waals surface area contributed by atoms with E-state index < -0.39 is 5.91 Å². The first kappa shape index (κ1) is 8.39. The molecule has 4 heteroatoms. The minimum atomic E-state index is -0.400. The van der Waals surface area contributed by atoms with Crippen LogP contribution < -0.4 is 11.1 Å². The van der Waals surface area contributed by atoms with Crippen molar-refractivity contribution in [1.29, 1.82) is 0 Å². The number of hydrogen-bond acceptors (Lipinski definition) is 3. The summed E-state index contributed by atoms with van der Waals surface area (Å²) < 4.78 is 0. The van der Waals surface area contributed by atoms with E-state index in [1.807, 2.05) is 0 Å². The average Bonchev–Trinajstić information content (AvgIpc) is 1.82. The Hall–Kier alpha value is -0.610. The van der Waals surface area contributed by atoms with Gasteiger partial charge in [0.2, 0.25) is 5.91 Å². The predicted molar refractivity (Wildman–Crippen MR) is 33.7 cm³/mol. The van der Waals surface area contributed by atoms with E-state index in [9.17, 15) is 4.79 Å². The first-order valence-electron chi connectivity index (χ1n) is 2.82. The van der Waals surface area contributed by atoms with Gasteiger partial charge >= 0.3 is 0 Å². The van der Waals surface area contributed by atoms with Crippen LogP contribution in [0.2, 0.25) is 0 Å². The number of carbonyl (C=O) groups is 1. The molecule has 0 bridgehead atoms. The maximum atomic E-state index is 10.3. The lowest BCUT2D eigenvalue weighted by Crippen LogP contribution is -2.39. The van der Waals surface area contributed by atoms with E-state index in [0.717, 1.165) is 0 Å². The van der Waals surface area contributed by atoms with E-state index in [0.29, 0.717) is 6.54 Å². The van der Waals surface area contributed by atoms with Gasteiger partial charge in [-0.3, -0.25) is 4.79 Å². The number of hydrogen-bond donors (Lipinski definition) is 3. The largest absolute Gasteiger partial charge is 0.395 e. The van der Waals surface area contributed by atoms with Gasteiger partial charge < -0.3 is 16.2 Å². The Labute approximate surface area is 54.0 Å². The standard InChI is InChI=1S/C5H12N2O2/c1-4(5(6)9)7-2-3-8/h4,7-8H,2-3H2,1H3,(H2,6,9)/t4-/m0/s1. The van der Waals surface area contributed by atoms with Crippen LogP contribution in [0.15, 0.2) is 0 Å². The molecular formula is C5H12N2O2. The smallest absolute Gasteiger partial charge is 0.234 e. The van der Waals surface area contributed by atoms with Crippen LogP contribution in [0.5, 0.6) is 0 Å². The van der Waals surface area contributed by atoms with Gasteiger partial charge in [-0.05, 0) is 6.92 Å². The molecule has 0 saturated heterocycles. The van der Waals surface area contributed by atoms with Crippen LogP contribution in [-0.2, 0) is 4.79 Å². The minimum Gasteiger partial charge on any atom is -0.395 e. The van der Waals surface area contributed by atoms with Gasteiger partial charge in [0.1, 0.15) is 0 Å². The highest BCUT2D eigenvalue weighted by atomic mass is 16.3. The third kappa shape index (κ3) is 3.93. The summed E-state index contributed by atoms with van der Waals surface area (Å²) in [5.74, 6) is -0.400. The van der Waals surface area contributed by atoms with Crippen LogP contribution in [0, 0.1) is 0 Å². The molecule has 0 rings (SSSR count). The van der Waals surface area contributed by atoms with Crippen molar-refractivity contribution in [3.8, 4) is 0 Å². The summed E-state index contributed by atoms with van der Waals surface area (Å²) in [6.45, 7) is 2.08. The van der Waals surface area contributed by atoms with Gasteiger partial charge in [0.25, 0.3) is 0 Å². The number of nitrogens with two attached hydrogens (primary N) is 1. The van der Waals surface area contributed by atoms with Crippen LogP contribution in [0.1, 0.15) is 6.92 Å². The Morgan fingerprint density at radius 2 is 2.44 bits per heavy atom. The van der Waals surface area contributed by atoms with E-state index >= 15 is 0 Å². The molecule has 0 fully saturated rings. The van der Waals surface area contributed by atoms with Crippen molar-refractivity contribution >= 4 is 5.91 Å². The van der Waals surface area contributed by atoms with E-state index in [1.165, 1.54) is 0 Å². The summed E-state index contributed by atoms with van der Waals surface area (Å²) in [4.78, 5) is 10.3. The molecule has 0 aromatic heterocycles. The third-order valence-corrected chi connectivity index (χ3v) is 0.989. The Balaban J connectivity index is 3.27. The van der Waals surface area contributed by atoms with Crippen molar-refractivity contribution in [2.75, 3.05) is 13.2 Å². The number of amides is 1. The fourth-order valence-electron chi connectivity index (χ4n) is 0.382. The van der Waals surface area contributed by atoms with Gasteiger partial charge in [0, 0.05) is 6.54 Å². The van der Waals surface area contributed by atoms with E-state index in [2.05, 4.69) is 5.32 Å². The fraction of sp³-hybridized carbons (Fsp3) is 0.800. The maximum absolute atomic E-state index is 10.3. The van der Waals surface area contributed by atoms with Gasteiger partial charge in [0.15, 0.2) is 0 Å². The molecule has 0 aromatic carbocycles. The first-order valence-corrected chi connectivity index (χ1v) is 2.82. The normalized spacial score (nSPS) is 13.1. The molecule has 0 aliphatic heterocycles. The molecule has 0 aliphatic rings. The molecule has 0 aliphatic carbocycles. The topological polar surface area (TPSA) is 75.3 Å². The number of aliphatic hydroxyl groups is 1. The van der Waals surface area contributed by atoms with Crippen molar-refractivity contribution in [1.82, 2.24) is 5.32 Å². The van der Waals surface area contributed by atoms with Crippen LogP contribution in [0.4, 0.5) is 0 Å². The molecule has 9 heavy (non-hydrogen) atoms. The van der Waals surface area contributed by atoms with Crippen LogP contribution in [-0.4, -0.2) is 30.2 Å². The van der Waals surface area contributed by atoms with Crippen molar-refractivity contribution < 1.29 is 9.90 Å². The molecule has 1 amide bonds. The molecule has 4 N–H and O–H groups in total. The molecule has 0 spiro atoms. The van der Waals surface area contributed by atoms with E-state index in [-0.39, 0.29) is 12.6 Å². The summed E-state index contributed by atoms with van der Waals surface area (Å²) in [5, 5.41) is 11.0. The van der Waals surface area contributed by atoms with E-state index in [1.54, 1.807) is 6.92 Å². The van der Waals surface area contributed by atoms with Crippen LogP contribution in [0.3, 0.4) is 0 Å². The third-order valence-electron chi connectivity index (χ3n) is 0.989. The Morgan fingerprint density at radius 1 is 1.89 bits per heavy atom. The minimum absolute atomic E-state index is 0.0254. The molecule has 0 heterocycles. The zero-order valence-electron chi connectivity index (χ0n) is 5.42. The number of rotatable bonds is 4. The van der Waals surface area contributed by atoms with E-state index in [4.69, 9.17) is 10.8 Å². The molecule has 4 nitrogen and oxygen atoms in total. The summed E-state index contributed by atoms with van der Waals surface area (Å²) in [7, 11) is 0. The summed E-state index contributed by atoms with van der Waals surface area (Å²) in [6, 6.07) is -0.350. The van der Waals surface area contributed by atoms with Crippen molar-refractivity contribution in [3.05, 3.63) is 0 Å². The zero-order chi connectivity index (χ0) is 7.28. The molecule has 54 valence electrons. The van der Waals surface area contributed by atoms with Gasteiger partial charge in [-0.1, -0.05) is 0 Å². The molecule has 1 atom stereocenters. The lowest BCUT2D eigenvalue weighted by molar-refractivity contribution is -0.119. The molecule has 0 radical (unpaired) electrons. The molecule has 0 unspecified atom stereocenters. The van der Waals surface area contributed by atoms with Crippen molar-refractivity contribution in [3.63, 3.8) is 0 Å². The monoisotopic (exact) mass is 132 g/mol. The molecular weight excluding hydrogens is 120 g/mol. The SMILES string of the molecule is C[C@H](NCCO)C(N)=O. The Morgan fingerprint density at radius 3 is 2.78 bits per heavy atom. The second kappa shape index (κ2) is 4.29. The summed E-state index contributed by atoms with van der Waals surface area (Å²) >= 11 is 0. The van der Waals surface area contributed by atoms with Crippen LogP contribution >= 0.6 is 0 Å². The van der Waals surface area contributed by atoms with Gasteiger partial charge in [-0.25, -0.2) is 0 Å². The first-order chi connectivity index (χ1) is 4.18. The summed E-state index contributed by atoms with van der Waals surface area (Å²) in [5.41, 5.74) is 4.89. The number of nitrogens with one attached hydrogen (secondary N) is 1. The van der Waals surface area contributed by atoms with Crippen molar-refractivity contribution in [2.24, 2.45) is 5.73 Å². The Kier molecular flexibility index (Phi) is 4.00. The van der Waals surface area contributed by atoms with Gasteiger partial charge in [0.05, 0.1) is 12.6 Å². The number of carbonyl (C=O) groups excluding carboxylic acids is 1. The predicted octanol–water partition coefficient (Wildman–Crippen LogP) is -1.56. The van der Waals surface area contributed by atoms with Gasteiger partial charge in [-0.15, -0.1) is 0 Å². The fourth-order valence-corrected chi connectivity index (χ4v) is 0.382. The highest BCUT2D eigenvalue weighted by Gasteiger charge is 2.04. The zero-order valence-corrected chi connectivity index (χ0v) is 5.42. The lowest BCUT2D eigenvalue weighted by Gasteiger charge is -2.06. The quantitative estimate of drug-likeness (QED) is 0.433. The van der Waals surface area contributed by atoms with Crippen LogP contribution in [0.25, 0.3) is 0 Å². The maximum Gasteiger partial charge on any atom is 0.234 e. The highest BCUT2D eigenvalue weighted by molar-refractivity contribution is 5.79.